The summed E-state index contributed by atoms with van der Waals surface area (Å²) in [5, 5.41) is 13.0. The number of hydrogen-bond donors (Lipinski definition) is 1. The number of carbonyl (C=O) groups is 2. The predicted molar refractivity (Wildman–Crippen MR) is 195 cm³/mol. The summed E-state index contributed by atoms with van der Waals surface area (Å²) in [6.07, 6.45) is 1.52. The van der Waals surface area contributed by atoms with E-state index < -0.39 is 27.5 Å². The molecule has 3 aliphatic rings. The highest BCUT2D eigenvalue weighted by atomic mass is 32.2. The van der Waals surface area contributed by atoms with E-state index in [-0.39, 0.29) is 45.4 Å². The van der Waals surface area contributed by atoms with Crippen LogP contribution in [0.1, 0.15) is 50.3 Å². The molecule has 14 heteroatoms. The van der Waals surface area contributed by atoms with Crippen molar-refractivity contribution in [1.29, 1.82) is 5.26 Å². The summed E-state index contributed by atoms with van der Waals surface area (Å²) >= 11 is 0. The number of nitrogens with one attached hydrogen (secondary N) is 1. The number of benzene rings is 3. The van der Waals surface area contributed by atoms with Crippen LogP contribution in [0, 0.1) is 11.3 Å². The van der Waals surface area contributed by atoms with Gasteiger partial charge in [0.15, 0.2) is 5.54 Å². The molecule has 0 aliphatic carbocycles. The fraction of sp³-hybridized carbons (Fsp3) is 0.447. The first-order valence-corrected chi connectivity index (χ1v) is 19.1. The topological polar surface area (TPSA) is 145 Å². The lowest BCUT2D eigenvalue weighted by Crippen LogP contribution is -2.60. The van der Waals surface area contributed by atoms with E-state index >= 15 is 4.79 Å². The summed E-state index contributed by atoms with van der Waals surface area (Å²) in [4.78, 5) is 36.1. The highest BCUT2D eigenvalue weighted by molar-refractivity contribution is 7.93. The number of nitriles is 1. The van der Waals surface area contributed by atoms with Gasteiger partial charge in [-0.25, -0.2) is 13.2 Å². The summed E-state index contributed by atoms with van der Waals surface area (Å²) in [6, 6.07) is 17.7. The summed E-state index contributed by atoms with van der Waals surface area (Å²) in [6.45, 7) is 11.3. The molecule has 0 radical (unpaired) electrons. The molecule has 2 saturated heterocycles. The molecule has 52 heavy (non-hydrogen) atoms. The molecule has 3 amide bonds. The van der Waals surface area contributed by atoms with Crippen LogP contribution in [0.2, 0.25) is 0 Å². The number of para-hydroxylation sites is 1. The number of likely N-dealkylation sites (tertiary alicyclic amines) is 1. The molecular weight excluding hydrogens is 685 g/mol. The monoisotopic (exact) mass is 730 g/mol. The van der Waals surface area contributed by atoms with Gasteiger partial charge in [0.25, 0.3) is 15.9 Å². The lowest BCUT2D eigenvalue weighted by Gasteiger charge is -2.44. The molecule has 276 valence electrons. The quantitative estimate of drug-likeness (QED) is 0.323. The smallest absolute Gasteiger partial charge is 0.318 e. The summed E-state index contributed by atoms with van der Waals surface area (Å²) in [5.41, 5.74) is -1.54. The molecule has 3 aromatic rings. The molecule has 0 bridgehead atoms. The zero-order chi connectivity index (χ0) is 37.2. The first kappa shape index (κ1) is 36.9. The number of piperazine rings is 1. The van der Waals surface area contributed by atoms with Gasteiger partial charge in [0.2, 0.25) is 0 Å². The van der Waals surface area contributed by atoms with Crippen LogP contribution in [-0.2, 0) is 20.4 Å². The fourth-order valence-electron chi connectivity index (χ4n) is 7.58. The Hall–Kier alpha value is -4.84. The van der Waals surface area contributed by atoms with Crippen LogP contribution in [0.15, 0.2) is 65.6 Å². The van der Waals surface area contributed by atoms with Gasteiger partial charge in [0.05, 0.1) is 38.1 Å². The Bertz CT molecular complexity index is 1970. The van der Waals surface area contributed by atoms with Crippen LogP contribution in [0.3, 0.4) is 0 Å². The highest BCUT2D eigenvalue weighted by Gasteiger charge is 2.59. The van der Waals surface area contributed by atoms with Gasteiger partial charge in [-0.3, -0.25) is 14.6 Å². The summed E-state index contributed by atoms with van der Waals surface area (Å²) < 4.78 is 46.7. The highest BCUT2D eigenvalue weighted by Crippen LogP contribution is 2.50. The number of piperidine rings is 1. The number of fused-ring (bicyclic) bond motifs is 1. The van der Waals surface area contributed by atoms with Gasteiger partial charge in [-0.1, -0.05) is 18.2 Å². The van der Waals surface area contributed by atoms with Crippen molar-refractivity contribution < 1.29 is 32.2 Å². The first-order chi connectivity index (χ1) is 25.0. The Morgan fingerprint density at radius 1 is 0.942 bits per heavy atom. The van der Waals surface area contributed by atoms with Gasteiger partial charge >= 0.3 is 6.03 Å². The minimum atomic E-state index is -4.68. The van der Waals surface area contributed by atoms with Crippen LogP contribution in [0.25, 0.3) is 0 Å². The summed E-state index contributed by atoms with van der Waals surface area (Å²) in [5.74, 6) is -0.343. The van der Waals surface area contributed by atoms with E-state index in [1.54, 1.807) is 36.1 Å². The molecule has 1 atom stereocenters. The van der Waals surface area contributed by atoms with E-state index in [0.717, 1.165) is 39.0 Å². The van der Waals surface area contributed by atoms with Crippen LogP contribution in [0.4, 0.5) is 10.5 Å². The van der Waals surface area contributed by atoms with Gasteiger partial charge in [-0.05, 0) is 70.0 Å². The van der Waals surface area contributed by atoms with Crippen LogP contribution >= 0.6 is 0 Å². The number of urea groups is 1. The maximum Gasteiger partial charge on any atom is 0.318 e. The van der Waals surface area contributed by atoms with E-state index in [1.807, 2.05) is 0 Å². The maximum atomic E-state index is 15.2. The minimum Gasteiger partial charge on any atom is -0.497 e. The van der Waals surface area contributed by atoms with E-state index in [1.165, 1.54) is 50.6 Å². The Morgan fingerprint density at radius 3 is 2.29 bits per heavy atom. The molecular formula is C38H46N6O7S. The first-order valence-electron chi connectivity index (χ1n) is 17.6. The molecule has 0 spiro atoms. The number of nitrogens with zero attached hydrogens (tertiary/aromatic N) is 5. The van der Waals surface area contributed by atoms with Crippen LogP contribution in [0.5, 0.6) is 17.2 Å². The fourth-order valence-corrected chi connectivity index (χ4v) is 9.19. The van der Waals surface area contributed by atoms with Crippen molar-refractivity contribution >= 4 is 27.6 Å². The number of carbonyl (C=O) groups excluding carboxylic acids is 2. The third-order valence-corrected chi connectivity index (χ3v) is 12.1. The van der Waals surface area contributed by atoms with E-state index in [4.69, 9.17) is 14.2 Å². The predicted octanol–water partition coefficient (Wildman–Crippen LogP) is 4.15. The molecule has 13 nitrogen and oxygen atoms in total. The number of methoxy groups -OCH3 is 2. The Kier molecular flexibility index (Phi) is 10.7. The van der Waals surface area contributed by atoms with Crippen molar-refractivity contribution in [2.24, 2.45) is 0 Å². The molecule has 3 aromatic carbocycles. The number of amides is 3. The standard InChI is InChI=1S/C38H46N6O7S/c1-6-51-33-10-8-7-9-30(33)38(40-37(46)43-17-15-28(16-18-43)42-21-19-41(20-22-42)26(2)3)31-23-27(25-39)11-13-32(31)44(36(38)45)52(47,48)35-14-12-29(49-4)24-34(35)50-5/h7-14,23-24,26,28H,6,15-22H2,1-5H3,(H,40,46). The average Bonchev–Trinajstić information content (AvgIpc) is 3.42. The second-order valence-electron chi connectivity index (χ2n) is 13.4. The summed E-state index contributed by atoms with van der Waals surface area (Å²) in [7, 11) is -1.91. The largest absolute Gasteiger partial charge is 0.497 e. The molecule has 1 N–H and O–H groups in total. The van der Waals surface area contributed by atoms with E-state index in [2.05, 4.69) is 35.0 Å². The lowest BCUT2D eigenvalue weighted by atomic mass is 9.82. The lowest BCUT2D eigenvalue weighted by molar-refractivity contribution is -0.121. The van der Waals surface area contributed by atoms with E-state index in [9.17, 15) is 18.5 Å². The number of ether oxygens (including phenoxy) is 3. The average molecular weight is 731 g/mol. The second kappa shape index (κ2) is 15.0. The molecule has 3 heterocycles. The van der Waals surface area contributed by atoms with Crippen molar-refractivity contribution in [3.8, 4) is 23.3 Å². The normalized spacial score (nSPS) is 20.1. The minimum absolute atomic E-state index is 0.00674. The van der Waals surface area contributed by atoms with Crippen LogP contribution < -0.4 is 23.8 Å². The van der Waals surface area contributed by atoms with Crippen molar-refractivity contribution in [1.82, 2.24) is 20.0 Å². The molecule has 3 aliphatic heterocycles. The van der Waals surface area contributed by atoms with Gasteiger partial charge < -0.3 is 24.4 Å². The molecule has 0 saturated carbocycles. The third kappa shape index (κ3) is 6.53. The Labute approximate surface area is 305 Å². The Balaban J connectivity index is 1.41. The van der Waals surface area contributed by atoms with Crippen LogP contribution in [-0.4, -0.2) is 107 Å². The molecule has 1 unspecified atom stereocenters. The van der Waals surface area contributed by atoms with Crippen molar-refractivity contribution in [2.75, 3.05) is 64.4 Å². The number of sulfonamides is 1. The molecule has 0 aromatic heterocycles. The van der Waals surface area contributed by atoms with Gasteiger partial charge in [-0.2, -0.15) is 9.57 Å². The van der Waals surface area contributed by atoms with Gasteiger partial charge in [0.1, 0.15) is 22.1 Å². The van der Waals surface area contributed by atoms with Crippen molar-refractivity contribution in [3.63, 3.8) is 0 Å². The van der Waals surface area contributed by atoms with Gasteiger partial charge in [0, 0.05) is 68.5 Å². The number of rotatable bonds is 10. The molecule has 2 fully saturated rings. The van der Waals surface area contributed by atoms with Crippen molar-refractivity contribution in [2.45, 2.75) is 56.1 Å². The second-order valence-corrected chi connectivity index (χ2v) is 15.2. The Morgan fingerprint density at radius 2 is 1.65 bits per heavy atom. The zero-order valence-electron chi connectivity index (χ0n) is 30.3. The zero-order valence-corrected chi connectivity index (χ0v) is 31.1. The third-order valence-electron chi connectivity index (χ3n) is 10.4. The number of hydrogen-bond acceptors (Lipinski definition) is 10. The van der Waals surface area contributed by atoms with Gasteiger partial charge in [-0.15, -0.1) is 0 Å². The SMILES string of the molecule is CCOc1ccccc1C1(NC(=O)N2CCC(N3CCN(C(C)C)CC3)CC2)C(=O)N(S(=O)(=O)c2ccc(OC)cc2OC)c2ccc(C#N)cc21. The van der Waals surface area contributed by atoms with E-state index in [0.29, 0.717) is 35.2 Å². The maximum absolute atomic E-state index is 15.2. The number of anilines is 1. The van der Waals surface area contributed by atoms with Crippen molar-refractivity contribution in [3.05, 3.63) is 77.4 Å². The molecule has 6 rings (SSSR count).